The van der Waals surface area contributed by atoms with Crippen LogP contribution in [0.15, 0.2) is 24.3 Å². The number of amides is 1. The van der Waals surface area contributed by atoms with Gasteiger partial charge < -0.3 is 19.1 Å². The van der Waals surface area contributed by atoms with Gasteiger partial charge in [0.25, 0.3) is 5.91 Å². The Morgan fingerprint density at radius 1 is 1.17 bits per heavy atom. The number of morpholine rings is 2. The van der Waals surface area contributed by atoms with Crippen LogP contribution in [-0.2, 0) is 20.8 Å². The van der Waals surface area contributed by atoms with Gasteiger partial charge in [-0.05, 0) is 17.7 Å². The predicted octanol–water partition coefficient (Wildman–Crippen LogP) is 0.755. The Morgan fingerprint density at radius 2 is 1.91 bits per heavy atom. The van der Waals surface area contributed by atoms with E-state index in [1.807, 2.05) is 17.0 Å². The van der Waals surface area contributed by atoms with Crippen LogP contribution in [0.1, 0.15) is 5.56 Å². The number of carbonyl (C=O) groups is 1. The van der Waals surface area contributed by atoms with Crippen molar-refractivity contribution < 1.29 is 19.0 Å². The molecule has 23 heavy (non-hydrogen) atoms. The van der Waals surface area contributed by atoms with E-state index in [2.05, 4.69) is 17.0 Å². The van der Waals surface area contributed by atoms with E-state index in [1.165, 1.54) is 5.56 Å². The van der Waals surface area contributed by atoms with Crippen molar-refractivity contribution in [3.8, 4) is 5.75 Å². The van der Waals surface area contributed by atoms with Gasteiger partial charge in [0.1, 0.15) is 11.9 Å². The van der Waals surface area contributed by atoms with Crippen LogP contribution < -0.4 is 4.74 Å². The molecule has 0 spiro atoms. The summed E-state index contributed by atoms with van der Waals surface area (Å²) in [5, 5.41) is 0. The highest BCUT2D eigenvalue weighted by molar-refractivity contribution is 5.81. The second kappa shape index (κ2) is 7.77. The van der Waals surface area contributed by atoms with Gasteiger partial charge in [-0.2, -0.15) is 0 Å². The fourth-order valence-corrected chi connectivity index (χ4v) is 2.97. The smallest absolute Gasteiger partial charge is 0.253 e. The van der Waals surface area contributed by atoms with Crippen molar-refractivity contribution >= 4 is 5.91 Å². The molecule has 2 heterocycles. The Hall–Kier alpha value is -1.63. The number of methoxy groups -OCH3 is 1. The molecule has 0 saturated carbocycles. The molecule has 2 aliphatic rings. The lowest BCUT2D eigenvalue weighted by Crippen LogP contribution is -2.53. The summed E-state index contributed by atoms with van der Waals surface area (Å²) in [6.07, 6.45) is -0.361. The monoisotopic (exact) mass is 320 g/mol. The van der Waals surface area contributed by atoms with E-state index in [-0.39, 0.29) is 12.0 Å². The molecule has 6 nitrogen and oxygen atoms in total. The number of carbonyl (C=O) groups excluding carboxylic acids is 1. The third-order valence-corrected chi connectivity index (χ3v) is 4.31. The number of hydrogen-bond donors (Lipinski definition) is 0. The van der Waals surface area contributed by atoms with E-state index >= 15 is 0 Å². The third kappa shape index (κ3) is 4.22. The average Bonchev–Trinajstić information content (AvgIpc) is 2.63. The molecule has 2 aliphatic heterocycles. The van der Waals surface area contributed by atoms with Crippen LogP contribution in [0, 0.1) is 0 Å². The second-order valence-corrected chi connectivity index (χ2v) is 5.88. The molecule has 1 unspecified atom stereocenters. The first-order valence-electron chi connectivity index (χ1n) is 8.09. The summed E-state index contributed by atoms with van der Waals surface area (Å²) in [6.45, 7) is 5.47. The van der Waals surface area contributed by atoms with Gasteiger partial charge in [0.2, 0.25) is 0 Å². The molecule has 0 aromatic heterocycles. The highest BCUT2D eigenvalue weighted by Gasteiger charge is 2.30. The molecule has 0 radical (unpaired) electrons. The highest BCUT2D eigenvalue weighted by Crippen LogP contribution is 2.16. The van der Waals surface area contributed by atoms with E-state index in [0.29, 0.717) is 39.5 Å². The third-order valence-electron chi connectivity index (χ3n) is 4.31. The van der Waals surface area contributed by atoms with Crippen LogP contribution in [0.3, 0.4) is 0 Å². The minimum Gasteiger partial charge on any atom is -0.497 e. The lowest BCUT2D eigenvalue weighted by Gasteiger charge is -2.36. The van der Waals surface area contributed by atoms with E-state index in [1.54, 1.807) is 7.11 Å². The Kier molecular flexibility index (Phi) is 5.48. The normalized spacial score (nSPS) is 22.8. The molecule has 1 aromatic rings. The Bertz CT molecular complexity index is 514. The van der Waals surface area contributed by atoms with Crippen molar-refractivity contribution in [3.63, 3.8) is 0 Å². The molecule has 0 bridgehead atoms. The molecule has 1 atom stereocenters. The van der Waals surface area contributed by atoms with Gasteiger partial charge in [-0.1, -0.05) is 12.1 Å². The SMILES string of the molecule is COc1ccc(CN2CCOC(C(=O)N3CCOCC3)C2)cc1. The maximum Gasteiger partial charge on any atom is 0.253 e. The Morgan fingerprint density at radius 3 is 2.61 bits per heavy atom. The molecule has 1 aromatic carbocycles. The van der Waals surface area contributed by atoms with Crippen LogP contribution >= 0.6 is 0 Å². The summed E-state index contributed by atoms with van der Waals surface area (Å²) < 4.78 is 16.2. The standard InChI is InChI=1S/C17H24N2O4/c1-21-15-4-2-14(3-5-15)12-18-6-11-23-16(13-18)17(20)19-7-9-22-10-8-19/h2-5,16H,6-13H2,1H3. The van der Waals surface area contributed by atoms with Crippen molar-refractivity contribution in [2.24, 2.45) is 0 Å². The van der Waals surface area contributed by atoms with Crippen molar-refractivity contribution in [3.05, 3.63) is 29.8 Å². The molecule has 3 rings (SSSR count). The van der Waals surface area contributed by atoms with Gasteiger partial charge in [0.05, 0.1) is 26.9 Å². The van der Waals surface area contributed by atoms with Gasteiger partial charge in [-0.3, -0.25) is 9.69 Å². The molecular weight excluding hydrogens is 296 g/mol. The zero-order valence-electron chi connectivity index (χ0n) is 13.6. The first kappa shape index (κ1) is 16.2. The van der Waals surface area contributed by atoms with Gasteiger partial charge >= 0.3 is 0 Å². The summed E-state index contributed by atoms with van der Waals surface area (Å²) in [6, 6.07) is 8.05. The van der Waals surface area contributed by atoms with Crippen LogP contribution in [0.5, 0.6) is 5.75 Å². The second-order valence-electron chi connectivity index (χ2n) is 5.88. The predicted molar refractivity (Wildman–Crippen MR) is 85.4 cm³/mol. The number of benzene rings is 1. The van der Waals surface area contributed by atoms with Gasteiger partial charge in [0.15, 0.2) is 0 Å². The number of rotatable bonds is 4. The fourth-order valence-electron chi connectivity index (χ4n) is 2.97. The summed E-state index contributed by atoms with van der Waals surface area (Å²) >= 11 is 0. The van der Waals surface area contributed by atoms with E-state index in [0.717, 1.165) is 18.8 Å². The summed E-state index contributed by atoms with van der Waals surface area (Å²) in [5.74, 6) is 0.948. The van der Waals surface area contributed by atoms with Crippen molar-refractivity contribution in [1.29, 1.82) is 0 Å². The van der Waals surface area contributed by atoms with Gasteiger partial charge in [0, 0.05) is 32.7 Å². The van der Waals surface area contributed by atoms with Crippen LogP contribution in [-0.4, -0.2) is 74.9 Å². The zero-order valence-corrected chi connectivity index (χ0v) is 13.6. The fraction of sp³-hybridized carbons (Fsp3) is 0.588. The molecule has 126 valence electrons. The molecule has 1 amide bonds. The minimum absolute atomic E-state index is 0.0905. The summed E-state index contributed by atoms with van der Waals surface area (Å²) in [4.78, 5) is 16.7. The van der Waals surface area contributed by atoms with Crippen molar-refractivity contribution in [2.45, 2.75) is 12.6 Å². The molecule has 0 aliphatic carbocycles. The largest absolute Gasteiger partial charge is 0.497 e. The maximum absolute atomic E-state index is 12.5. The van der Waals surface area contributed by atoms with Crippen LogP contribution in [0.2, 0.25) is 0 Å². The summed E-state index contributed by atoms with van der Waals surface area (Å²) in [7, 11) is 1.67. The van der Waals surface area contributed by atoms with E-state index in [9.17, 15) is 4.79 Å². The molecule has 2 fully saturated rings. The Balaban J connectivity index is 1.55. The molecule has 6 heteroatoms. The van der Waals surface area contributed by atoms with E-state index < -0.39 is 0 Å². The topological polar surface area (TPSA) is 51.2 Å². The lowest BCUT2D eigenvalue weighted by molar-refractivity contribution is -0.153. The lowest BCUT2D eigenvalue weighted by atomic mass is 10.1. The minimum atomic E-state index is -0.361. The van der Waals surface area contributed by atoms with E-state index in [4.69, 9.17) is 14.2 Å². The quantitative estimate of drug-likeness (QED) is 0.820. The maximum atomic E-state index is 12.5. The number of nitrogens with zero attached hydrogens (tertiary/aromatic N) is 2. The first-order chi connectivity index (χ1) is 11.3. The van der Waals surface area contributed by atoms with Crippen molar-refractivity contribution in [2.75, 3.05) is 53.1 Å². The molecular formula is C17H24N2O4. The number of ether oxygens (including phenoxy) is 3. The van der Waals surface area contributed by atoms with Crippen LogP contribution in [0.4, 0.5) is 0 Å². The van der Waals surface area contributed by atoms with Crippen molar-refractivity contribution in [1.82, 2.24) is 9.80 Å². The summed E-state index contributed by atoms with van der Waals surface area (Å²) in [5.41, 5.74) is 1.21. The number of hydrogen-bond acceptors (Lipinski definition) is 5. The first-order valence-corrected chi connectivity index (χ1v) is 8.09. The van der Waals surface area contributed by atoms with Gasteiger partial charge in [-0.25, -0.2) is 0 Å². The Labute approximate surface area is 136 Å². The molecule has 0 N–H and O–H groups in total. The highest BCUT2D eigenvalue weighted by atomic mass is 16.5. The van der Waals surface area contributed by atoms with Gasteiger partial charge in [-0.15, -0.1) is 0 Å². The average molecular weight is 320 g/mol. The van der Waals surface area contributed by atoms with Crippen LogP contribution in [0.25, 0.3) is 0 Å². The zero-order chi connectivity index (χ0) is 16.1. The molecule has 2 saturated heterocycles.